The summed E-state index contributed by atoms with van der Waals surface area (Å²) in [6, 6.07) is 11.5. The van der Waals surface area contributed by atoms with Crippen molar-refractivity contribution in [1.82, 2.24) is 4.98 Å². The molecule has 0 spiro atoms. The minimum atomic E-state index is -0.400. The van der Waals surface area contributed by atoms with Crippen LogP contribution >= 0.6 is 0 Å². The van der Waals surface area contributed by atoms with E-state index >= 15 is 0 Å². The van der Waals surface area contributed by atoms with Gasteiger partial charge >= 0.3 is 5.69 Å². The van der Waals surface area contributed by atoms with Gasteiger partial charge in [0, 0.05) is 19.3 Å². The molecule has 0 unspecified atom stereocenters. The van der Waals surface area contributed by atoms with Gasteiger partial charge in [-0.1, -0.05) is 30.3 Å². The average Bonchev–Trinajstić information content (AvgIpc) is 2.52. The van der Waals surface area contributed by atoms with E-state index in [0.717, 1.165) is 12.0 Å². The zero-order chi connectivity index (χ0) is 15.1. The summed E-state index contributed by atoms with van der Waals surface area (Å²) < 4.78 is 0. The Balaban J connectivity index is 2.29. The number of anilines is 1. The van der Waals surface area contributed by atoms with Gasteiger partial charge in [0.05, 0.1) is 4.92 Å². The van der Waals surface area contributed by atoms with Crippen molar-refractivity contribution in [2.45, 2.75) is 13.0 Å². The molecular formula is C15H18N4O2. The van der Waals surface area contributed by atoms with E-state index in [9.17, 15) is 10.1 Å². The number of nitro groups is 1. The van der Waals surface area contributed by atoms with Crippen molar-refractivity contribution in [2.24, 2.45) is 5.73 Å². The number of benzene rings is 1. The second-order valence-corrected chi connectivity index (χ2v) is 4.67. The van der Waals surface area contributed by atoms with Crippen molar-refractivity contribution < 1.29 is 4.92 Å². The number of pyridine rings is 1. The van der Waals surface area contributed by atoms with Crippen LogP contribution in [0.25, 0.3) is 0 Å². The van der Waals surface area contributed by atoms with Crippen LogP contribution in [0.5, 0.6) is 0 Å². The molecule has 2 aromatic rings. The van der Waals surface area contributed by atoms with Crippen molar-refractivity contribution in [3.8, 4) is 0 Å². The smallest absolute Gasteiger partial charge is 0.310 e. The third-order valence-corrected chi connectivity index (χ3v) is 3.16. The van der Waals surface area contributed by atoms with Crippen LogP contribution in [-0.2, 0) is 6.54 Å². The van der Waals surface area contributed by atoms with E-state index < -0.39 is 4.92 Å². The van der Waals surface area contributed by atoms with Crippen LogP contribution in [0.1, 0.15) is 12.0 Å². The minimum absolute atomic E-state index is 0.0189. The normalized spacial score (nSPS) is 10.3. The summed E-state index contributed by atoms with van der Waals surface area (Å²) in [7, 11) is 0. The zero-order valence-electron chi connectivity index (χ0n) is 11.7. The molecule has 0 fully saturated rings. The molecule has 0 radical (unpaired) electrons. The highest BCUT2D eigenvalue weighted by Gasteiger charge is 2.19. The average molecular weight is 286 g/mol. The third kappa shape index (κ3) is 4.00. The van der Waals surface area contributed by atoms with Crippen LogP contribution in [0.2, 0.25) is 0 Å². The number of nitrogens with two attached hydrogens (primary N) is 1. The molecule has 2 rings (SSSR count). The number of hydrogen-bond acceptors (Lipinski definition) is 5. The second-order valence-electron chi connectivity index (χ2n) is 4.67. The van der Waals surface area contributed by atoms with Gasteiger partial charge in [-0.25, -0.2) is 0 Å². The minimum Gasteiger partial charge on any atom is -0.362 e. The summed E-state index contributed by atoms with van der Waals surface area (Å²) in [5, 5.41) is 11.2. The maximum Gasteiger partial charge on any atom is 0.310 e. The predicted molar refractivity (Wildman–Crippen MR) is 82.1 cm³/mol. The van der Waals surface area contributed by atoms with Gasteiger partial charge in [-0.2, -0.15) is 0 Å². The Labute approximate surface area is 123 Å². The third-order valence-electron chi connectivity index (χ3n) is 3.16. The lowest BCUT2D eigenvalue weighted by Gasteiger charge is -2.24. The summed E-state index contributed by atoms with van der Waals surface area (Å²) >= 11 is 0. The quantitative estimate of drug-likeness (QED) is 0.623. The highest BCUT2D eigenvalue weighted by Crippen LogP contribution is 2.28. The zero-order valence-corrected chi connectivity index (χ0v) is 11.7. The van der Waals surface area contributed by atoms with E-state index in [1.807, 2.05) is 35.2 Å². The molecule has 0 bridgehead atoms. The molecule has 1 aromatic carbocycles. The fourth-order valence-electron chi connectivity index (χ4n) is 2.16. The summed E-state index contributed by atoms with van der Waals surface area (Å²) in [6.45, 7) is 1.81. The Morgan fingerprint density at radius 2 is 2.00 bits per heavy atom. The van der Waals surface area contributed by atoms with E-state index in [4.69, 9.17) is 5.73 Å². The Morgan fingerprint density at radius 3 is 2.67 bits per heavy atom. The van der Waals surface area contributed by atoms with E-state index in [0.29, 0.717) is 25.3 Å². The molecule has 1 aromatic heterocycles. The number of aromatic nitrogens is 1. The van der Waals surface area contributed by atoms with Gasteiger partial charge in [-0.05, 0) is 24.6 Å². The van der Waals surface area contributed by atoms with E-state index in [-0.39, 0.29) is 5.69 Å². The van der Waals surface area contributed by atoms with Crippen molar-refractivity contribution in [1.29, 1.82) is 0 Å². The number of rotatable bonds is 7. The monoisotopic (exact) mass is 286 g/mol. The van der Waals surface area contributed by atoms with E-state index in [2.05, 4.69) is 4.98 Å². The first kappa shape index (κ1) is 14.9. The van der Waals surface area contributed by atoms with Crippen molar-refractivity contribution in [2.75, 3.05) is 18.0 Å². The molecular weight excluding hydrogens is 268 g/mol. The van der Waals surface area contributed by atoms with Gasteiger partial charge in [0.25, 0.3) is 0 Å². The SMILES string of the molecule is NCCCN(Cc1ccccc1)c1ccncc1[N+](=O)[O-]. The molecule has 6 heteroatoms. The van der Waals surface area contributed by atoms with Gasteiger partial charge in [0.2, 0.25) is 0 Å². The van der Waals surface area contributed by atoms with E-state index in [1.54, 1.807) is 12.3 Å². The molecule has 2 N–H and O–H groups in total. The lowest BCUT2D eigenvalue weighted by molar-refractivity contribution is -0.384. The van der Waals surface area contributed by atoms with Gasteiger partial charge in [-0.3, -0.25) is 15.1 Å². The molecule has 110 valence electrons. The summed E-state index contributed by atoms with van der Waals surface area (Å²) in [5.74, 6) is 0. The number of nitrogens with zero attached hydrogens (tertiary/aromatic N) is 3. The van der Waals surface area contributed by atoms with Crippen LogP contribution in [0, 0.1) is 10.1 Å². The molecule has 0 aliphatic heterocycles. The maximum absolute atomic E-state index is 11.2. The van der Waals surface area contributed by atoms with Gasteiger partial charge in [-0.15, -0.1) is 0 Å². The maximum atomic E-state index is 11.2. The Morgan fingerprint density at radius 1 is 1.24 bits per heavy atom. The predicted octanol–water partition coefficient (Wildman–Crippen LogP) is 2.35. The highest BCUT2D eigenvalue weighted by molar-refractivity contribution is 5.61. The van der Waals surface area contributed by atoms with Crippen molar-refractivity contribution in [3.63, 3.8) is 0 Å². The molecule has 0 aliphatic rings. The molecule has 0 saturated heterocycles. The van der Waals surface area contributed by atoms with Crippen LogP contribution in [0.3, 0.4) is 0 Å². The molecule has 0 atom stereocenters. The standard InChI is InChI=1S/C15H18N4O2/c16-8-4-10-18(12-13-5-2-1-3-6-13)14-7-9-17-11-15(14)19(20)21/h1-3,5-7,9,11H,4,8,10,12,16H2. The molecule has 0 aliphatic carbocycles. The first-order chi connectivity index (χ1) is 10.2. The molecule has 6 nitrogen and oxygen atoms in total. The topological polar surface area (TPSA) is 85.3 Å². The first-order valence-corrected chi connectivity index (χ1v) is 6.79. The molecule has 0 amide bonds. The van der Waals surface area contributed by atoms with Crippen LogP contribution in [-0.4, -0.2) is 23.0 Å². The summed E-state index contributed by atoms with van der Waals surface area (Å²) in [6.07, 6.45) is 3.63. The van der Waals surface area contributed by atoms with E-state index in [1.165, 1.54) is 6.20 Å². The van der Waals surface area contributed by atoms with Crippen LogP contribution < -0.4 is 10.6 Å². The fraction of sp³-hybridized carbons (Fsp3) is 0.267. The van der Waals surface area contributed by atoms with Crippen molar-refractivity contribution >= 4 is 11.4 Å². The van der Waals surface area contributed by atoms with Gasteiger partial charge < -0.3 is 10.6 Å². The first-order valence-electron chi connectivity index (χ1n) is 6.79. The summed E-state index contributed by atoms with van der Waals surface area (Å²) in [5.41, 5.74) is 7.27. The lowest BCUT2D eigenvalue weighted by Crippen LogP contribution is -2.26. The Hall–Kier alpha value is -2.47. The van der Waals surface area contributed by atoms with Crippen molar-refractivity contribution in [3.05, 3.63) is 64.5 Å². The Bertz CT molecular complexity index is 589. The lowest BCUT2D eigenvalue weighted by atomic mass is 10.2. The van der Waals surface area contributed by atoms with Gasteiger partial charge in [0.1, 0.15) is 11.9 Å². The second kappa shape index (κ2) is 7.35. The highest BCUT2D eigenvalue weighted by atomic mass is 16.6. The van der Waals surface area contributed by atoms with Crippen LogP contribution in [0.4, 0.5) is 11.4 Å². The molecule has 21 heavy (non-hydrogen) atoms. The largest absolute Gasteiger partial charge is 0.362 e. The molecule has 0 saturated carbocycles. The molecule has 1 heterocycles. The Kier molecular flexibility index (Phi) is 5.22. The number of hydrogen-bond donors (Lipinski definition) is 1. The van der Waals surface area contributed by atoms with Gasteiger partial charge in [0.15, 0.2) is 0 Å². The van der Waals surface area contributed by atoms with Crippen LogP contribution in [0.15, 0.2) is 48.8 Å². The summed E-state index contributed by atoms with van der Waals surface area (Å²) in [4.78, 5) is 16.6. The fourth-order valence-corrected chi connectivity index (χ4v) is 2.16.